The summed E-state index contributed by atoms with van der Waals surface area (Å²) in [6, 6.07) is 9.39. The second-order valence-corrected chi connectivity index (χ2v) is 3.79. The Hall–Kier alpha value is -1.39. The van der Waals surface area contributed by atoms with Gasteiger partial charge in [0.25, 0.3) is 0 Å². The van der Waals surface area contributed by atoms with Gasteiger partial charge in [0, 0.05) is 13.1 Å². The fourth-order valence-corrected chi connectivity index (χ4v) is 1.45. The van der Waals surface area contributed by atoms with Gasteiger partial charge in [0.15, 0.2) is 0 Å². The molecule has 2 atom stereocenters. The predicted octanol–water partition coefficient (Wildman–Crippen LogP) is 0.226. The third kappa shape index (κ3) is 3.64. The predicted molar refractivity (Wildman–Crippen MR) is 62.9 cm³/mol. The highest BCUT2D eigenvalue weighted by Crippen LogP contribution is 2.13. The van der Waals surface area contributed by atoms with Crippen molar-refractivity contribution >= 4 is 5.91 Å². The lowest BCUT2D eigenvalue weighted by Gasteiger charge is -2.15. The van der Waals surface area contributed by atoms with E-state index in [1.54, 1.807) is 6.92 Å². The summed E-state index contributed by atoms with van der Waals surface area (Å²) < 4.78 is 0. The molecular formula is C12H18N2O2. The van der Waals surface area contributed by atoms with Crippen LogP contribution in [0, 0.1) is 0 Å². The van der Waals surface area contributed by atoms with Crippen LogP contribution in [0.15, 0.2) is 30.3 Å². The van der Waals surface area contributed by atoms with Crippen LogP contribution in [-0.4, -0.2) is 30.2 Å². The summed E-state index contributed by atoms with van der Waals surface area (Å²) in [6.45, 7) is 2.14. The molecule has 1 unspecified atom stereocenters. The van der Waals surface area contributed by atoms with E-state index in [1.165, 1.54) is 0 Å². The molecule has 4 N–H and O–H groups in total. The minimum absolute atomic E-state index is 0.144. The van der Waals surface area contributed by atoms with Crippen LogP contribution in [0.1, 0.15) is 18.4 Å². The lowest BCUT2D eigenvalue weighted by molar-refractivity contribution is -0.122. The Bertz CT molecular complexity index is 325. The van der Waals surface area contributed by atoms with Gasteiger partial charge in [-0.3, -0.25) is 4.79 Å². The normalized spacial score (nSPS) is 14.2. The fraction of sp³-hybridized carbons (Fsp3) is 0.417. The van der Waals surface area contributed by atoms with Crippen LogP contribution < -0.4 is 11.1 Å². The SMILES string of the molecule is C[C@@H](O)CNC(=O)C(CN)c1ccccc1. The summed E-state index contributed by atoms with van der Waals surface area (Å²) in [5.41, 5.74) is 6.49. The molecule has 4 nitrogen and oxygen atoms in total. The quantitative estimate of drug-likeness (QED) is 0.667. The number of rotatable bonds is 5. The molecule has 0 aliphatic carbocycles. The number of amides is 1. The van der Waals surface area contributed by atoms with Crippen LogP contribution in [0.5, 0.6) is 0 Å². The molecule has 0 heterocycles. The Labute approximate surface area is 95.5 Å². The van der Waals surface area contributed by atoms with E-state index in [0.717, 1.165) is 5.56 Å². The Morgan fingerprint density at radius 2 is 2.06 bits per heavy atom. The topological polar surface area (TPSA) is 75.3 Å². The van der Waals surface area contributed by atoms with Crippen molar-refractivity contribution in [1.29, 1.82) is 0 Å². The molecular weight excluding hydrogens is 204 g/mol. The van der Waals surface area contributed by atoms with Crippen LogP contribution in [0.4, 0.5) is 0 Å². The van der Waals surface area contributed by atoms with E-state index in [1.807, 2.05) is 30.3 Å². The second kappa shape index (κ2) is 6.25. The molecule has 0 bridgehead atoms. The van der Waals surface area contributed by atoms with Crippen molar-refractivity contribution in [3.63, 3.8) is 0 Å². The van der Waals surface area contributed by atoms with Crippen molar-refractivity contribution in [3.8, 4) is 0 Å². The first-order valence-electron chi connectivity index (χ1n) is 5.36. The summed E-state index contributed by atoms with van der Waals surface area (Å²) in [6.07, 6.45) is -0.543. The molecule has 88 valence electrons. The maximum Gasteiger partial charge on any atom is 0.228 e. The molecule has 0 radical (unpaired) electrons. The molecule has 0 spiro atoms. The molecule has 4 heteroatoms. The molecule has 1 aromatic carbocycles. The number of carbonyl (C=O) groups excluding carboxylic acids is 1. The number of hydrogen-bond acceptors (Lipinski definition) is 3. The smallest absolute Gasteiger partial charge is 0.228 e. The standard InChI is InChI=1S/C12H18N2O2/c1-9(15)8-14-12(16)11(7-13)10-5-3-2-4-6-10/h2-6,9,11,15H,7-8,13H2,1H3,(H,14,16)/t9-,11?/m1/s1. The molecule has 0 saturated heterocycles. The van der Waals surface area contributed by atoms with Gasteiger partial charge in [-0.2, -0.15) is 0 Å². The van der Waals surface area contributed by atoms with E-state index in [9.17, 15) is 4.79 Å². The minimum Gasteiger partial charge on any atom is -0.392 e. The maximum atomic E-state index is 11.8. The van der Waals surface area contributed by atoms with Crippen LogP contribution >= 0.6 is 0 Å². The molecule has 1 rings (SSSR count). The Morgan fingerprint density at radius 1 is 1.44 bits per heavy atom. The monoisotopic (exact) mass is 222 g/mol. The maximum absolute atomic E-state index is 11.8. The van der Waals surface area contributed by atoms with Gasteiger partial charge in [0.1, 0.15) is 0 Å². The summed E-state index contributed by atoms with van der Waals surface area (Å²) in [4.78, 5) is 11.8. The largest absolute Gasteiger partial charge is 0.392 e. The minimum atomic E-state index is -0.543. The Morgan fingerprint density at radius 3 is 2.56 bits per heavy atom. The lowest BCUT2D eigenvalue weighted by atomic mass is 9.98. The zero-order valence-electron chi connectivity index (χ0n) is 9.39. The molecule has 0 aliphatic rings. The average molecular weight is 222 g/mol. The van der Waals surface area contributed by atoms with Crippen LogP contribution in [0.25, 0.3) is 0 Å². The number of aliphatic hydroxyl groups excluding tert-OH is 1. The highest BCUT2D eigenvalue weighted by atomic mass is 16.3. The zero-order valence-corrected chi connectivity index (χ0v) is 9.39. The van der Waals surface area contributed by atoms with E-state index in [4.69, 9.17) is 10.8 Å². The van der Waals surface area contributed by atoms with Crippen LogP contribution in [0.3, 0.4) is 0 Å². The van der Waals surface area contributed by atoms with Gasteiger partial charge in [-0.15, -0.1) is 0 Å². The lowest BCUT2D eigenvalue weighted by Crippen LogP contribution is -2.37. The summed E-state index contributed by atoms with van der Waals surface area (Å²) >= 11 is 0. The van der Waals surface area contributed by atoms with Gasteiger partial charge in [0.05, 0.1) is 12.0 Å². The van der Waals surface area contributed by atoms with Crippen molar-refractivity contribution in [2.45, 2.75) is 18.9 Å². The number of carbonyl (C=O) groups is 1. The van der Waals surface area contributed by atoms with E-state index in [2.05, 4.69) is 5.32 Å². The van der Waals surface area contributed by atoms with Crippen LogP contribution in [0.2, 0.25) is 0 Å². The summed E-state index contributed by atoms with van der Waals surface area (Å²) in [5.74, 6) is -0.491. The Balaban J connectivity index is 2.64. The highest BCUT2D eigenvalue weighted by Gasteiger charge is 2.18. The van der Waals surface area contributed by atoms with Gasteiger partial charge < -0.3 is 16.2 Å². The third-order valence-electron chi connectivity index (χ3n) is 2.33. The third-order valence-corrected chi connectivity index (χ3v) is 2.33. The van der Waals surface area contributed by atoms with Crippen molar-refractivity contribution in [1.82, 2.24) is 5.32 Å². The molecule has 0 saturated carbocycles. The molecule has 1 aromatic rings. The number of nitrogens with one attached hydrogen (secondary N) is 1. The van der Waals surface area contributed by atoms with Gasteiger partial charge in [0.2, 0.25) is 5.91 Å². The zero-order chi connectivity index (χ0) is 12.0. The first kappa shape index (κ1) is 12.7. The summed E-state index contributed by atoms with van der Waals surface area (Å²) in [5, 5.41) is 11.7. The Kier molecular flexibility index (Phi) is 4.95. The van der Waals surface area contributed by atoms with Gasteiger partial charge in [-0.1, -0.05) is 30.3 Å². The fourth-order valence-electron chi connectivity index (χ4n) is 1.45. The van der Waals surface area contributed by atoms with E-state index in [-0.39, 0.29) is 24.9 Å². The van der Waals surface area contributed by atoms with E-state index < -0.39 is 6.10 Å². The van der Waals surface area contributed by atoms with E-state index >= 15 is 0 Å². The highest BCUT2D eigenvalue weighted by molar-refractivity contribution is 5.83. The summed E-state index contributed by atoms with van der Waals surface area (Å²) in [7, 11) is 0. The van der Waals surface area contributed by atoms with Gasteiger partial charge >= 0.3 is 0 Å². The molecule has 16 heavy (non-hydrogen) atoms. The number of aliphatic hydroxyl groups is 1. The van der Waals surface area contributed by atoms with Gasteiger partial charge in [-0.25, -0.2) is 0 Å². The average Bonchev–Trinajstić information content (AvgIpc) is 2.29. The van der Waals surface area contributed by atoms with E-state index in [0.29, 0.717) is 0 Å². The number of nitrogens with two attached hydrogens (primary N) is 1. The molecule has 0 aliphatic heterocycles. The molecule has 1 amide bonds. The number of benzene rings is 1. The van der Waals surface area contributed by atoms with Crippen LogP contribution in [-0.2, 0) is 4.79 Å². The number of hydrogen-bond donors (Lipinski definition) is 3. The molecule has 0 fully saturated rings. The molecule has 0 aromatic heterocycles. The van der Waals surface area contributed by atoms with Crippen molar-refractivity contribution in [2.75, 3.05) is 13.1 Å². The van der Waals surface area contributed by atoms with Crippen molar-refractivity contribution in [3.05, 3.63) is 35.9 Å². The van der Waals surface area contributed by atoms with Crippen molar-refractivity contribution in [2.24, 2.45) is 5.73 Å². The first-order valence-corrected chi connectivity index (χ1v) is 5.36. The second-order valence-electron chi connectivity index (χ2n) is 3.79. The van der Waals surface area contributed by atoms with Crippen molar-refractivity contribution < 1.29 is 9.90 Å². The first-order chi connectivity index (χ1) is 7.65. The van der Waals surface area contributed by atoms with Gasteiger partial charge in [-0.05, 0) is 12.5 Å².